The number of halogens is 6. The lowest BCUT2D eigenvalue weighted by molar-refractivity contribution is -0.142. The average molecular weight is 382 g/mol. The number of imidazole rings is 1. The van der Waals surface area contributed by atoms with Crippen LogP contribution in [0.1, 0.15) is 22.6 Å². The van der Waals surface area contributed by atoms with E-state index in [1.54, 1.807) is 0 Å². The SMILES string of the molecule is O=C(NC1CC1F)c1ncn(-c2c(Cl)cccc2Cl)c1C(F)(F)F. The Morgan fingerprint density at radius 2 is 1.88 bits per heavy atom. The van der Waals surface area contributed by atoms with E-state index in [9.17, 15) is 22.4 Å². The number of rotatable bonds is 3. The second-order valence-corrected chi connectivity index (χ2v) is 6.03. The van der Waals surface area contributed by atoms with Gasteiger partial charge in [0.1, 0.15) is 12.5 Å². The zero-order chi connectivity index (χ0) is 17.6. The third kappa shape index (κ3) is 3.08. The fourth-order valence-electron chi connectivity index (χ4n) is 2.22. The molecular weight excluding hydrogens is 373 g/mol. The molecule has 0 aliphatic heterocycles. The number of amides is 1. The van der Waals surface area contributed by atoms with Crippen molar-refractivity contribution in [1.29, 1.82) is 0 Å². The Morgan fingerprint density at radius 1 is 1.29 bits per heavy atom. The molecule has 1 saturated carbocycles. The van der Waals surface area contributed by atoms with E-state index in [1.165, 1.54) is 18.2 Å². The van der Waals surface area contributed by atoms with Crippen molar-refractivity contribution in [3.8, 4) is 5.69 Å². The zero-order valence-corrected chi connectivity index (χ0v) is 13.3. The Bertz CT molecular complexity index is 786. The van der Waals surface area contributed by atoms with Crippen LogP contribution in [-0.4, -0.2) is 27.7 Å². The smallest absolute Gasteiger partial charge is 0.345 e. The number of carbonyl (C=O) groups is 1. The highest BCUT2D eigenvalue weighted by molar-refractivity contribution is 6.37. The van der Waals surface area contributed by atoms with Crippen LogP contribution in [0.4, 0.5) is 17.6 Å². The van der Waals surface area contributed by atoms with Crippen molar-refractivity contribution >= 4 is 29.1 Å². The minimum Gasteiger partial charge on any atom is -0.345 e. The Hall–Kier alpha value is -1.80. The molecule has 1 aliphatic rings. The van der Waals surface area contributed by atoms with Gasteiger partial charge in [-0.05, 0) is 12.1 Å². The monoisotopic (exact) mass is 381 g/mol. The molecule has 0 spiro atoms. The van der Waals surface area contributed by atoms with E-state index in [0.717, 1.165) is 6.33 Å². The molecule has 1 aromatic carbocycles. The summed E-state index contributed by atoms with van der Waals surface area (Å²) in [4.78, 5) is 15.5. The Labute approximate surface area is 143 Å². The van der Waals surface area contributed by atoms with Crippen LogP contribution >= 0.6 is 23.2 Å². The van der Waals surface area contributed by atoms with E-state index in [-0.39, 0.29) is 22.2 Å². The van der Waals surface area contributed by atoms with Gasteiger partial charge in [-0.3, -0.25) is 9.36 Å². The second-order valence-electron chi connectivity index (χ2n) is 5.21. The number of nitrogens with one attached hydrogen (secondary N) is 1. The van der Waals surface area contributed by atoms with Gasteiger partial charge in [-0.1, -0.05) is 29.3 Å². The second kappa shape index (κ2) is 5.93. The van der Waals surface area contributed by atoms with Crippen molar-refractivity contribution in [3.63, 3.8) is 0 Å². The molecule has 1 amide bonds. The molecule has 1 aliphatic carbocycles. The molecule has 3 rings (SSSR count). The number of alkyl halides is 4. The number of para-hydroxylation sites is 1. The van der Waals surface area contributed by atoms with Crippen molar-refractivity contribution in [2.75, 3.05) is 0 Å². The predicted molar refractivity (Wildman–Crippen MR) is 79.4 cm³/mol. The van der Waals surface area contributed by atoms with Crippen molar-refractivity contribution in [1.82, 2.24) is 14.9 Å². The maximum absolute atomic E-state index is 13.5. The van der Waals surface area contributed by atoms with Gasteiger partial charge in [-0.15, -0.1) is 0 Å². The fraction of sp³-hybridized carbons (Fsp3) is 0.286. The Morgan fingerprint density at radius 3 is 2.38 bits per heavy atom. The van der Waals surface area contributed by atoms with Gasteiger partial charge >= 0.3 is 6.18 Å². The quantitative estimate of drug-likeness (QED) is 0.815. The van der Waals surface area contributed by atoms with E-state index >= 15 is 0 Å². The molecular formula is C14H9Cl2F4N3O. The van der Waals surface area contributed by atoms with Crippen molar-refractivity contribution in [2.45, 2.75) is 24.8 Å². The van der Waals surface area contributed by atoms with Crippen LogP contribution < -0.4 is 5.32 Å². The van der Waals surface area contributed by atoms with Gasteiger partial charge in [0, 0.05) is 6.42 Å². The summed E-state index contributed by atoms with van der Waals surface area (Å²) in [6, 6.07) is 3.41. The van der Waals surface area contributed by atoms with E-state index in [1.807, 2.05) is 0 Å². The van der Waals surface area contributed by atoms with Crippen molar-refractivity contribution in [3.05, 3.63) is 46.0 Å². The molecule has 1 N–H and O–H groups in total. The molecule has 4 nitrogen and oxygen atoms in total. The first-order valence-corrected chi connectivity index (χ1v) is 7.49. The number of hydrogen-bond acceptors (Lipinski definition) is 2. The predicted octanol–water partition coefficient (Wildman–Crippen LogP) is 4.04. The molecule has 128 valence electrons. The first-order valence-electron chi connectivity index (χ1n) is 6.74. The van der Waals surface area contributed by atoms with E-state index < -0.39 is 35.7 Å². The standard InChI is InChI=1S/C14H9Cl2F4N3O/c15-6-2-1-3-7(16)11(6)23-5-21-10(12(23)14(18,19)20)13(24)22-9-4-8(9)17/h1-3,5,8-9H,4H2,(H,22,24). The van der Waals surface area contributed by atoms with Gasteiger partial charge in [-0.2, -0.15) is 13.2 Å². The van der Waals surface area contributed by atoms with Crippen LogP contribution in [0.2, 0.25) is 10.0 Å². The third-order valence-electron chi connectivity index (χ3n) is 3.46. The third-order valence-corrected chi connectivity index (χ3v) is 4.07. The molecule has 2 unspecified atom stereocenters. The Balaban J connectivity index is 2.10. The molecule has 2 aromatic rings. The molecule has 1 fully saturated rings. The molecule has 2 atom stereocenters. The molecule has 0 saturated heterocycles. The largest absolute Gasteiger partial charge is 0.434 e. The summed E-state index contributed by atoms with van der Waals surface area (Å²) in [6.07, 6.45) is -5.26. The van der Waals surface area contributed by atoms with Gasteiger partial charge in [0.25, 0.3) is 5.91 Å². The first-order chi connectivity index (χ1) is 11.2. The first kappa shape index (κ1) is 17.0. The van der Waals surface area contributed by atoms with Crippen molar-refractivity contribution < 1.29 is 22.4 Å². The highest BCUT2D eigenvalue weighted by Gasteiger charge is 2.44. The van der Waals surface area contributed by atoms with Crippen LogP contribution in [0.3, 0.4) is 0 Å². The molecule has 1 heterocycles. The summed E-state index contributed by atoms with van der Waals surface area (Å²) in [6.45, 7) is 0. The van der Waals surface area contributed by atoms with Gasteiger partial charge in [-0.25, -0.2) is 9.37 Å². The number of benzene rings is 1. The molecule has 0 radical (unpaired) electrons. The van der Waals surface area contributed by atoms with Gasteiger partial charge in [0.2, 0.25) is 0 Å². The fourth-order valence-corrected chi connectivity index (χ4v) is 2.80. The van der Waals surface area contributed by atoms with Crippen LogP contribution in [-0.2, 0) is 6.18 Å². The lowest BCUT2D eigenvalue weighted by atomic mass is 10.2. The summed E-state index contributed by atoms with van der Waals surface area (Å²) in [5.41, 5.74) is -2.34. The van der Waals surface area contributed by atoms with Crippen molar-refractivity contribution in [2.24, 2.45) is 0 Å². The average Bonchev–Trinajstić information content (AvgIpc) is 2.98. The molecule has 0 bridgehead atoms. The van der Waals surface area contributed by atoms with E-state index in [4.69, 9.17) is 23.2 Å². The maximum atomic E-state index is 13.5. The number of nitrogens with zero attached hydrogens (tertiary/aromatic N) is 2. The molecule has 24 heavy (non-hydrogen) atoms. The normalized spacial score (nSPS) is 20.1. The summed E-state index contributed by atoms with van der Waals surface area (Å²) >= 11 is 11.9. The highest BCUT2D eigenvalue weighted by atomic mass is 35.5. The van der Waals surface area contributed by atoms with Crippen LogP contribution in [0, 0.1) is 0 Å². The van der Waals surface area contributed by atoms with E-state index in [2.05, 4.69) is 10.3 Å². The highest BCUT2D eigenvalue weighted by Crippen LogP contribution is 2.37. The summed E-state index contributed by atoms with van der Waals surface area (Å²) in [5.74, 6) is -1.10. The minimum atomic E-state index is -4.90. The van der Waals surface area contributed by atoms with Gasteiger partial charge in [0.15, 0.2) is 11.4 Å². The zero-order valence-electron chi connectivity index (χ0n) is 11.7. The van der Waals surface area contributed by atoms with Gasteiger partial charge < -0.3 is 5.32 Å². The maximum Gasteiger partial charge on any atom is 0.434 e. The Kier molecular flexibility index (Phi) is 4.21. The van der Waals surface area contributed by atoms with Crippen LogP contribution in [0.15, 0.2) is 24.5 Å². The van der Waals surface area contributed by atoms with Gasteiger partial charge in [0.05, 0.1) is 21.8 Å². The lowest BCUT2D eigenvalue weighted by Gasteiger charge is -2.15. The lowest BCUT2D eigenvalue weighted by Crippen LogP contribution is -2.30. The summed E-state index contributed by atoms with van der Waals surface area (Å²) in [5, 5.41) is 2.09. The minimum absolute atomic E-state index is 0.0385. The topological polar surface area (TPSA) is 46.9 Å². The van der Waals surface area contributed by atoms with E-state index in [0.29, 0.717) is 4.57 Å². The molecule has 1 aromatic heterocycles. The number of carbonyl (C=O) groups excluding carboxylic acids is 1. The number of hydrogen-bond donors (Lipinski definition) is 1. The molecule has 10 heteroatoms. The summed E-state index contributed by atoms with van der Waals surface area (Å²) in [7, 11) is 0. The number of aromatic nitrogens is 2. The van der Waals surface area contributed by atoms with Crippen LogP contribution in [0.5, 0.6) is 0 Å². The summed E-state index contributed by atoms with van der Waals surface area (Å²) < 4.78 is 53.9. The van der Waals surface area contributed by atoms with Crippen LogP contribution in [0.25, 0.3) is 5.69 Å².